The van der Waals surface area contributed by atoms with Gasteiger partial charge in [0.25, 0.3) is 0 Å². The lowest BCUT2D eigenvalue weighted by Gasteiger charge is -2.35. The average molecular weight is 430 g/mol. The molecule has 2 heterocycles. The Morgan fingerprint density at radius 3 is 2.37 bits per heavy atom. The molecule has 2 fully saturated rings. The molecule has 0 spiro atoms. The number of piperidine rings is 1. The van der Waals surface area contributed by atoms with Crippen molar-refractivity contribution in [2.24, 2.45) is 0 Å². The molecule has 166 valence electrons. The number of halogens is 3. The number of alkyl halides is 3. The van der Waals surface area contributed by atoms with E-state index in [1.54, 1.807) is 0 Å². The first-order valence-electron chi connectivity index (χ1n) is 9.87. The van der Waals surface area contributed by atoms with Crippen molar-refractivity contribution in [3.8, 4) is 5.75 Å². The molecule has 10 heteroatoms. The standard InChI is InChI=1S/C20H25F3N2O5/c1-24-8-4-14(5-9-24)30-15-2-3-16(18(26)27)17(12-15)25(19(28)20(21,22)23)13-6-10-29-11-7-13/h2-3,12-14H,4-11H2,1H3,(H,26,27). The zero-order chi connectivity index (χ0) is 21.9. The molecule has 0 radical (unpaired) electrons. The predicted molar refractivity (Wildman–Crippen MR) is 102 cm³/mol. The Hall–Kier alpha value is -2.33. The van der Waals surface area contributed by atoms with Crippen LogP contribution in [0, 0.1) is 0 Å². The maximum absolute atomic E-state index is 13.4. The smallest absolute Gasteiger partial charge is 0.471 e. The molecule has 0 aromatic heterocycles. The number of carbonyl (C=O) groups excluding carboxylic acids is 1. The number of hydrogen-bond donors (Lipinski definition) is 1. The van der Waals surface area contributed by atoms with Crippen molar-refractivity contribution in [3.63, 3.8) is 0 Å². The van der Waals surface area contributed by atoms with Gasteiger partial charge in [-0.05, 0) is 44.9 Å². The van der Waals surface area contributed by atoms with E-state index in [9.17, 15) is 27.9 Å². The van der Waals surface area contributed by atoms with Gasteiger partial charge < -0.3 is 24.4 Å². The minimum absolute atomic E-state index is 0.125. The molecule has 0 bridgehead atoms. The molecule has 0 atom stereocenters. The van der Waals surface area contributed by atoms with Crippen LogP contribution in [-0.2, 0) is 9.53 Å². The Bertz CT molecular complexity index is 772. The molecule has 30 heavy (non-hydrogen) atoms. The third kappa shape index (κ3) is 5.23. The Kier molecular flexibility index (Phi) is 6.87. The number of rotatable bonds is 5. The van der Waals surface area contributed by atoms with Crippen LogP contribution in [0.15, 0.2) is 18.2 Å². The highest BCUT2D eigenvalue weighted by Gasteiger charge is 2.46. The lowest BCUT2D eigenvalue weighted by Crippen LogP contribution is -2.50. The highest BCUT2D eigenvalue weighted by Crippen LogP contribution is 2.34. The molecule has 7 nitrogen and oxygen atoms in total. The number of amides is 1. The number of nitrogens with zero attached hydrogens (tertiary/aromatic N) is 2. The van der Waals surface area contributed by atoms with E-state index in [2.05, 4.69) is 4.90 Å². The summed E-state index contributed by atoms with van der Waals surface area (Å²) < 4.78 is 51.2. The summed E-state index contributed by atoms with van der Waals surface area (Å²) in [6, 6.07) is 3.04. The van der Waals surface area contributed by atoms with E-state index in [0.29, 0.717) is 4.90 Å². The van der Waals surface area contributed by atoms with Crippen LogP contribution in [0.3, 0.4) is 0 Å². The highest BCUT2D eigenvalue weighted by molar-refractivity contribution is 6.04. The van der Waals surface area contributed by atoms with E-state index in [-0.39, 0.29) is 49.2 Å². The van der Waals surface area contributed by atoms with Gasteiger partial charge in [0, 0.05) is 38.4 Å². The first-order chi connectivity index (χ1) is 14.2. The van der Waals surface area contributed by atoms with Crippen LogP contribution in [0.5, 0.6) is 5.75 Å². The van der Waals surface area contributed by atoms with Crippen molar-refractivity contribution in [3.05, 3.63) is 23.8 Å². The first kappa shape index (κ1) is 22.4. The zero-order valence-corrected chi connectivity index (χ0v) is 16.7. The van der Waals surface area contributed by atoms with E-state index in [1.807, 2.05) is 7.05 Å². The number of carboxylic acid groups (broad SMARTS) is 1. The maximum Gasteiger partial charge on any atom is 0.471 e. The van der Waals surface area contributed by atoms with Crippen molar-refractivity contribution < 1.29 is 37.3 Å². The zero-order valence-electron chi connectivity index (χ0n) is 16.7. The monoisotopic (exact) mass is 430 g/mol. The van der Waals surface area contributed by atoms with E-state index in [0.717, 1.165) is 25.9 Å². The minimum Gasteiger partial charge on any atom is -0.490 e. The van der Waals surface area contributed by atoms with Gasteiger partial charge in [-0.2, -0.15) is 13.2 Å². The topological polar surface area (TPSA) is 79.3 Å². The summed E-state index contributed by atoms with van der Waals surface area (Å²) >= 11 is 0. The van der Waals surface area contributed by atoms with Crippen LogP contribution in [-0.4, -0.2) is 73.6 Å². The fraction of sp³-hybridized carbons (Fsp3) is 0.600. The first-order valence-corrected chi connectivity index (χ1v) is 9.87. The third-order valence-electron chi connectivity index (χ3n) is 5.44. The van der Waals surface area contributed by atoms with Crippen LogP contribution < -0.4 is 9.64 Å². The number of benzene rings is 1. The summed E-state index contributed by atoms with van der Waals surface area (Å²) in [5.41, 5.74) is -0.683. The number of carbonyl (C=O) groups is 2. The van der Waals surface area contributed by atoms with Crippen molar-refractivity contribution >= 4 is 17.6 Å². The SMILES string of the molecule is CN1CCC(Oc2ccc(C(=O)O)c(N(C(=O)C(F)(F)F)C3CCOCC3)c2)CC1. The molecular formula is C20H25F3N2O5. The maximum atomic E-state index is 13.4. The number of aromatic carboxylic acids is 1. The van der Waals surface area contributed by atoms with Crippen molar-refractivity contribution in [1.29, 1.82) is 0 Å². The Balaban J connectivity index is 1.97. The van der Waals surface area contributed by atoms with Gasteiger partial charge in [-0.25, -0.2) is 4.79 Å². The van der Waals surface area contributed by atoms with Gasteiger partial charge in [-0.1, -0.05) is 0 Å². The molecule has 1 amide bonds. The van der Waals surface area contributed by atoms with Crippen LogP contribution in [0.25, 0.3) is 0 Å². The Labute approximate surface area is 172 Å². The molecule has 2 saturated heterocycles. The van der Waals surface area contributed by atoms with E-state index in [4.69, 9.17) is 9.47 Å². The highest BCUT2D eigenvalue weighted by atomic mass is 19.4. The summed E-state index contributed by atoms with van der Waals surface area (Å²) in [5.74, 6) is -3.26. The van der Waals surface area contributed by atoms with Gasteiger partial charge in [0.2, 0.25) is 0 Å². The van der Waals surface area contributed by atoms with Gasteiger partial charge in [0.15, 0.2) is 0 Å². The number of carboxylic acids is 1. The molecular weight excluding hydrogens is 405 g/mol. The summed E-state index contributed by atoms with van der Waals surface area (Å²) in [6.45, 7) is 2.04. The number of ether oxygens (including phenoxy) is 2. The van der Waals surface area contributed by atoms with Crippen LogP contribution in [0.2, 0.25) is 0 Å². The van der Waals surface area contributed by atoms with Gasteiger partial charge in [-0.3, -0.25) is 4.79 Å². The number of anilines is 1. The minimum atomic E-state index is -5.14. The molecule has 1 N–H and O–H groups in total. The molecule has 2 aliphatic heterocycles. The van der Waals surface area contributed by atoms with Crippen molar-refractivity contribution in [1.82, 2.24) is 4.90 Å². The quantitative estimate of drug-likeness (QED) is 0.774. The molecule has 3 rings (SSSR count). The Morgan fingerprint density at radius 1 is 1.17 bits per heavy atom. The molecule has 0 saturated carbocycles. The molecule has 0 unspecified atom stereocenters. The molecule has 1 aromatic carbocycles. The van der Waals surface area contributed by atoms with E-state index in [1.165, 1.54) is 18.2 Å². The summed E-state index contributed by atoms with van der Waals surface area (Å²) in [6.07, 6.45) is -3.41. The van der Waals surface area contributed by atoms with Gasteiger partial charge >= 0.3 is 18.1 Å². The van der Waals surface area contributed by atoms with Gasteiger partial charge in [0.1, 0.15) is 11.9 Å². The van der Waals surface area contributed by atoms with Crippen molar-refractivity contribution in [2.75, 3.05) is 38.3 Å². The van der Waals surface area contributed by atoms with Crippen LogP contribution in [0.4, 0.5) is 18.9 Å². The summed E-state index contributed by atoms with van der Waals surface area (Å²) in [7, 11) is 1.99. The number of likely N-dealkylation sites (tertiary alicyclic amines) is 1. The molecule has 2 aliphatic rings. The predicted octanol–water partition coefficient (Wildman–Crippen LogP) is 2.93. The fourth-order valence-electron chi connectivity index (χ4n) is 3.81. The van der Waals surface area contributed by atoms with E-state index < -0.39 is 24.1 Å². The third-order valence-corrected chi connectivity index (χ3v) is 5.44. The van der Waals surface area contributed by atoms with Crippen LogP contribution in [0.1, 0.15) is 36.0 Å². The van der Waals surface area contributed by atoms with Gasteiger partial charge in [-0.15, -0.1) is 0 Å². The Morgan fingerprint density at radius 2 is 1.80 bits per heavy atom. The van der Waals surface area contributed by atoms with E-state index >= 15 is 0 Å². The average Bonchev–Trinajstić information content (AvgIpc) is 2.70. The number of hydrogen-bond acceptors (Lipinski definition) is 5. The second-order valence-corrected chi connectivity index (χ2v) is 7.62. The molecule has 0 aliphatic carbocycles. The van der Waals surface area contributed by atoms with Crippen molar-refractivity contribution in [2.45, 2.75) is 44.0 Å². The second-order valence-electron chi connectivity index (χ2n) is 7.62. The van der Waals surface area contributed by atoms with Crippen LogP contribution >= 0.6 is 0 Å². The normalized spacial score (nSPS) is 19.5. The summed E-state index contributed by atoms with van der Waals surface area (Å²) in [4.78, 5) is 26.7. The lowest BCUT2D eigenvalue weighted by molar-refractivity contribution is -0.171. The molecule has 1 aromatic rings. The lowest BCUT2D eigenvalue weighted by atomic mass is 10.0. The van der Waals surface area contributed by atoms with Gasteiger partial charge in [0.05, 0.1) is 11.3 Å². The largest absolute Gasteiger partial charge is 0.490 e. The fourth-order valence-corrected chi connectivity index (χ4v) is 3.81. The summed E-state index contributed by atoms with van der Waals surface area (Å²) in [5, 5.41) is 9.55. The second kappa shape index (κ2) is 9.22.